The van der Waals surface area contributed by atoms with Crippen LogP contribution in [0.4, 0.5) is 0 Å². The first-order valence-electron chi connectivity index (χ1n) is 5.44. The van der Waals surface area contributed by atoms with Gasteiger partial charge in [0.1, 0.15) is 0 Å². The molecule has 0 aliphatic rings. The Morgan fingerprint density at radius 2 is 2.25 bits per heavy atom. The number of nitrogens with one attached hydrogen (secondary N) is 1. The molecule has 3 heteroatoms. The third-order valence-electron chi connectivity index (χ3n) is 2.55. The molecule has 2 aromatic rings. The molecule has 2 rings (SSSR count). The lowest BCUT2D eigenvalue weighted by Crippen LogP contribution is -2.17. The van der Waals surface area contributed by atoms with Crippen LogP contribution in [0.3, 0.4) is 0 Å². The van der Waals surface area contributed by atoms with E-state index in [4.69, 9.17) is 0 Å². The van der Waals surface area contributed by atoms with E-state index in [2.05, 4.69) is 40.8 Å². The maximum Gasteiger partial charge on any atom is 0.0388 e. The van der Waals surface area contributed by atoms with Gasteiger partial charge in [-0.15, -0.1) is 11.3 Å². The standard InChI is InChI=1S/C13H16N2S/c1-10-5-6-12(8-14-10)9-15-11(2)13-4-3-7-16-13/h3-8,11,15H,9H2,1-2H3/t11-/m0/s1. The van der Waals surface area contributed by atoms with E-state index in [1.807, 2.05) is 19.2 Å². The number of hydrogen-bond acceptors (Lipinski definition) is 3. The number of hydrogen-bond donors (Lipinski definition) is 1. The minimum absolute atomic E-state index is 0.404. The number of pyridine rings is 1. The van der Waals surface area contributed by atoms with Gasteiger partial charge in [-0.3, -0.25) is 4.98 Å². The van der Waals surface area contributed by atoms with Crippen LogP contribution in [-0.2, 0) is 6.54 Å². The number of aromatic nitrogens is 1. The average Bonchev–Trinajstić information content (AvgIpc) is 2.81. The molecule has 0 aromatic carbocycles. The lowest BCUT2D eigenvalue weighted by atomic mass is 10.2. The Morgan fingerprint density at radius 3 is 2.88 bits per heavy atom. The smallest absolute Gasteiger partial charge is 0.0388 e. The van der Waals surface area contributed by atoms with Gasteiger partial charge in [0, 0.05) is 29.4 Å². The van der Waals surface area contributed by atoms with Crippen LogP contribution in [0.2, 0.25) is 0 Å². The fourth-order valence-corrected chi connectivity index (χ4v) is 2.27. The fourth-order valence-electron chi connectivity index (χ4n) is 1.51. The Hall–Kier alpha value is -1.19. The predicted molar refractivity (Wildman–Crippen MR) is 68.5 cm³/mol. The molecular formula is C13H16N2S. The van der Waals surface area contributed by atoms with E-state index in [-0.39, 0.29) is 0 Å². The number of rotatable bonds is 4. The lowest BCUT2D eigenvalue weighted by Gasteiger charge is -2.11. The molecule has 0 fully saturated rings. The molecule has 16 heavy (non-hydrogen) atoms. The van der Waals surface area contributed by atoms with Gasteiger partial charge in [0.25, 0.3) is 0 Å². The second kappa shape index (κ2) is 5.23. The summed E-state index contributed by atoms with van der Waals surface area (Å²) in [6, 6.07) is 8.83. The summed E-state index contributed by atoms with van der Waals surface area (Å²) < 4.78 is 0. The van der Waals surface area contributed by atoms with Gasteiger partial charge in [-0.25, -0.2) is 0 Å². The van der Waals surface area contributed by atoms with Crippen LogP contribution in [0.15, 0.2) is 35.8 Å². The molecule has 1 N–H and O–H groups in total. The Kier molecular flexibility index (Phi) is 3.70. The first-order chi connectivity index (χ1) is 7.75. The molecular weight excluding hydrogens is 216 g/mol. The van der Waals surface area contributed by atoms with E-state index < -0.39 is 0 Å². The molecule has 0 aliphatic heterocycles. The molecule has 0 radical (unpaired) electrons. The van der Waals surface area contributed by atoms with Crippen LogP contribution in [0.5, 0.6) is 0 Å². The summed E-state index contributed by atoms with van der Waals surface area (Å²) >= 11 is 1.79. The molecule has 1 atom stereocenters. The molecule has 0 amide bonds. The summed E-state index contributed by atoms with van der Waals surface area (Å²) in [7, 11) is 0. The van der Waals surface area contributed by atoms with Gasteiger partial charge in [-0.2, -0.15) is 0 Å². The predicted octanol–water partition coefficient (Wildman–Crippen LogP) is 3.30. The van der Waals surface area contributed by atoms with E-state index in [0.29, 0.717) is 6.04 Å². The molecule has 0 unspecified atom stereocenters. The number of thiophene rings is 1. The molecule has 0 saturated heterocycles. The second-order valence-corrected chi connectivity index (χ2v) is 4.91. The monoisotopic (exact) mass is 232 g/mol. The van der Waals surface area contributed by atoms with Crippen LogP contribution in [0.1, 0.15) is 29.1 Å². The van der Waals surface area contributed by atoms with Crippen molar-refractivity contribution in [3.8, 4) is 0 Å². The molecule has 2 nitrogen and oxygen atoms in total. The minimum atomic E-state index is 0.404. The summed E-state index contributed by atoms with van der Waals surface area (Å²) in [4.78, 5) is 5.66. The molecule has 0 saturated carbocycles. The largest absolute Gasteiger partial charge is 0.305 e. The van der Waals surface area contributed by atoms with Crippen LogP contribution in [0, 0.1) is 6.92 Å². The third kappa shape index (κ3) is 2.90. The fraction of sp³-hybridized carbons (Fsp3) is 0.308. The highest BCUT2D eigenvalue weighted by molar-refractivity contribution is 7.10. The van der Waals surface area contributed by atoms with Crippen molar-refractivity contribution < 1.29 is 0 Å². The normalized spacial score (nSPS) is 12.6. The topological polar surface area (TPSA) is 24.9 Å². The van der Waals surface area contributed by atoms with Crippen LogP contribution in [-0.4, -0.2) is 4.98 Å². The van der Waals surface area contributed by atoms with Gasteiger partial charge in [0.2, 0.25) is 0 Å². The van der Waals surface area contributed by atoms with Crippen LogP contribution < -0.4 is 5.32 Å². The minimum Gasteiger partial charge on any atom is -0.305 e. The highest BCUT2D eigenvalue weighted by Gasteiger charge is 2.05. The average molecular weight is 232 g/mol. The van der Waals surface area contributed by atoms with Gasteiger partial charge in [0.15, 0.2) is 0 Å². The van der Waals surface area contributed by atoms with Crippen molar-refractivity contribution in [2.24, 2.45) is 0 Å². The molecule has 0 aliphatic carbocycles. The zero-order valence-electron chi connectivity index (χ0n) is 9.60. The molecule has 84 valence electrons. The first-order valence-corrected chi connectivity index (χ1v) is 6.32. The molecule has 2 heterocycles. The van der Waals surface area contributed by atoms with Crippen molar-refractivity contribution in [2.75, 3.05) is 0 Å². The van der Waals surface area contributed by atoms with Crippen molar-refractivity contribution in [2.45, 2.75) is 26.4 Å². The Morgan fingerprint density at radius 1 is 1.38 bits per heavy atom. The SMILES string of the molecule is Cc1ccc(CN[C@@H](C)c2cccs2)cn1. The van der Waals surface area contributed by atoms with Gasteiger partial charge < -0.3 is 5.32 Å². The van der Waals surface area contributed by atoms with Gasteiger partial charge in [-0.05, 0) is 36.9 Å². The molecule has 0 spiro atoms. The number of aryl methyl sites for hydroxylation is 1. The van der Waals surface area contributed by atoms with Crippen molar-refractivity contribution in [3.05, 3.63) is 52.0 Å². The van der Waals surface area contributed by atoms with E-state index in [1.54, 1.807) is 11.3 Å². The summed E-state index contributed by atoms with van der Waals surface area (Å²) in [5.74, 6) is 0. The number of nitrogens with zero attached hydrogens (tertiary/aromatic N) is 1. The summed E-state index contributed by atoms with van der Waals surface area (Å²) in [6.45, 7) is 5.06. The zero-order valence-corrected chi connectivity index (χ0v) is 10.4. The Labute approximate surface area is 100 Å². The van der Waals surface area contributed by atoms with E-state index in [1.165, 1.54) is 10.4 Å². The summed E-state index contributed by atoms with van der Waals surface area (Å²) in [5.41, 5.74) is 2.30. The molecule has 0 bridgehead atoms. The maximum atomic E-state index is 4.28. The van der Waals surface area contributed by atoms with Crippen LogP contribution in [0.25, 0.3) is 0 Å². The highest BCUT2D eigenvalue weighted by Crippen LogP contribution is 2.18. The van der Waals surface area contributed by atoms with Crippen LogP contribution >= 0.6 is 11.3 Å². The van der Waals surface area contributed by atoms with E-state index >= 15 is 0 Å². The van der Waals surface area contributed by atoms with Crippen molar-refractivity contribution >= 4 is 11.3 Å². The third-order valence-corrected chi connectivity index (χ3v) is 3.61. The van der Waals surface area contributed by atoms with Crippen molar-refractivity contribution in [3.63, 3.8) is 0 Å². The lowest BCUT2D eigenvalue weighted by molar-refractivity contribution is 0.582. The van der Waals surface area contributed by atoms with Crippen molar-refractivity contribution in [1.29, 1.82) is 0 Å². The summed E-state index contributed by atoms with van der Waals surface area (Å²) in [6.07, 6.45) is 1.93. The highest BCUT2D eigenvalue weighted by atomic mass is 32.1. The van der Waals surface area contributed by atoms with Gasteiger partial charge >= 0.3 is 0 Å². The first kappa shape index (κ1) is 11.3. The summed E-state index contributed by atoms with van der Waals surface area (Å²) in [5, 5.41) is 5.60. The Bertz CT molecular complexity index is 420. The van der Waals surface area contributed by atoms with E-state index in [9.17, 15) is 0 Å². The van der Waals surface area contributed by atoms with Gasteiger partial charge in [-0.1, -0.05) is 12.1 Å². The quantitative estimate of drug-likeness (QED) is 0.875. The maximum absolute atomic E-state index is 4.28. The zero-order chi connectivity index (χ0) is 11.4. The van der Waals surface area contributed by atoms with E-state index in [0.717, 1.165) is 12.2 Å². The van der Waals surface area contributed by atoms with Crippen molar-refractivity contribution in [1.82, 2.24) is 10.3 Å². The Balaban J connectivity index is 1.90. The molecule has 2 aromatic heterocycles. The second-order valence-electron chi connectivity index (χ2n) is 3.93. The van der Waals surface area contributed by atoms with Gasteiger partial charge in [0.05, 0.1) is 0 Å².